The molecular weight excluding hydrogens is 380 g/mol. The highest BCUT2D eigenvalue weighted by atomic mass is 32.2. The van der Waals surface area contributed by atoms with Crippen LogP contribution in [0, 0.1) is 11.8 Å². The SMILES string of the molecule is CSCC(NC(=O)C(C)C)C(C(=O)O)C(=O)NC(C(=O)O)C(C)(C)SC. The molecular formula is C16H28N2O6S2. The van der Waals surface area contributed by atoms with Crippen LogP contribution in [0.15, 0.2) is 0 Å². The maximum atomic E-state index is 12.6. The third-order valence-electron chi connectivity index (χ3n) is 3.90. The molecule has 0 aromatic heterocycles. The second-order valence-corrected chi connectivity index (χ2v) is 9.00. The predicted molar refractivity (Wildman–Crippen MR) is 103 cm³/mol. The number of amides is 2. The standard InChI is InChI=1S/C16H28N2O6S2/c1-8(2)12(19)17-9(7-25-5)10(14(21)22)13(20)18-11(15(23)24)16(3,4)26-6/h8-11H,7H2,1-6H3,(H,17,19)(H,18,20)(H,21,22)(H,23,24). The van der Waals surface area contributed by atoms with Crippen LogP contribution >= 0.6 is 23.5 Å². The summed E-state index contributed by atoms with van der Waals surface area (Å²) >= 11 is 2.53. The highest BCUT2D eigenvalue weighted by molar-refractivity contribution is 8.00. The van der Waals surface area contributed by atoms with Crippen molar-refractivity contribution in [3.05, 3.63) is 0 Å². The lowest BCUT2D eigenvalue weighted by Gasteiger charge is -2.32. The van der Waals surface area contributed by atoms with E-state index in [9.17, 15) is 29.4 Å². The molecule has 0 spiro atoms. The van der Waals surface area contributed by atoms with Gasteiger partial charge in [0.2, 0.25) is 11.8 Å². The first kappa shape index (κ1) is 24.6. The molecule has 150 valence electrons. The topological polar surface area (TPSA) is 133 Å². The molecule has 26 heavy (non-hydrogen) atoms. The second kappa shape index (κ2) is 10.7. The fraction of sp³-hybridized carbons (Fsp3) is 0.750. The Kier molecular flexibility index (Phi) is 10.1. The summed E-state index contributed by atoms with van der Waals surface area (Å²) in [6.07, 6.45) is 3.43. The first-order chi connectivity index (χ1) is 11.9. The minimum atomic E-state index is -1.59. The third kappa shape index (κ3) is 7.06. The molecule has 0 aromatic rings. The summed E-state index contributed by atoms with van der Waals surface area (Å²) in [5.41, 5.74) is 0. The quantitative estimate of drug-likeness (QED) is 0.371. The zero-order chi connectivity index (χ0) is 20.7. The van der Waals surface area contributed by atoms with Crippen LogP contribution in [0.2, 0.25) is 0 Å². The summed E-state index contributed by atoms with van der Waals surface area (Å²) in [6, 6.07) is -2.23. The molecule has 0 aromatic carbocycles. The van der Waals surface area contributed by atoms with Crippen molar-refractivity contribution in [2.24, 2.45) is 11.8 Å². The number of thioether (sulfide) groups is 2. The Balaban J connectivity index is 5.60. The normalized spacial score (nSPS) is 15.0. The van der Waals surface area contributed by atoms with Crippen LogP contribution in [0.3, 0.4) is 0 Å². The van der Waals surface area contributed by atoms with E-state index in [4.69, 9.17) is 0 Å². The Labute approximate surface area is 162 Å². The van der Waals surface area contributed by atoms with Gasteiger partial charge in [0, 0.05) is 16.4 Å². The van der Waals surface area contributed by atoms with E-state index in [1.54, 1.807) is 40.2 Å². The van der Waals surface area contributed by atoms with Gasteiger partial charge in [0.1, 0.15) is 6.04 Å². The highest BCUT2D eigenvalue weighted by Gasteiger charge is 2.41. The maximum Gasteiger partial charge on any atom is 0.327 e. The van der Waals surface area contributed by atoms with Gasteiger partial charge in [0.25, 0.3) is 0 Å². The molecule has 0 aliphatic carbocycles. The van der Waals surface area contributed by atoms with Crippen molar-refractivity contribution in [3.63, 3.8) is 0 Å². The number of nitrogens with one attached hydrogen (secondary N) is 2. The van der Waals surface area contributed by atoms with Gasteiger partial charge in [-0.25, -0.2) is 4.79 Å². The molecule has 0 saturated heterocycles. The Morgan fingerprint density at radius 2 is 1.50 bits per heavy atom. The zero-order valence-corrected chi connectivity index (χ0v) is 17.5. The summed E-state index contributed by atoms with van der Waals surface area (Å²) in [4.78, 5) is 47.8. The number of carbonyl (C=O) groups excluding carboxylic acids is 2. The summed E-state index contributed by atoms with van der Waals surface area (Å²) in [5, 5.41) is 23.9. The minimum Gasteiger partial charge on any atom is -0.481 e. The van der Waals surface area contributed by atoms with Crippen LogP contribution < -0.4 is 10.6 Å². The number of rotatable bonds is 11. The number of carboxylic acid groups (broad SMARTS) is 2. The van der Waals surface area contributed by atoms with Crippen molar-refractivity contribution in [1.82, 2.24) is 10.6 Å². The Morgan fingerprint density at radius 1 is 0.962 bits per heavy atom. The van der Waals surface area contributed by atoms with Gasteiger partial charge in [0.15, 0.2) is 5.92 Å². The molecule has 3 unspecified atom stereocenters. The van der Waals surface area contributed by atoms with E-state index < -0.39 is 40.6 Å². The van der Waals surface area contributed by atoms with Crippen molar-refractivity contribution < 1.29 is 29.4 Å². The zero-order valence-electron chi connectivity index (χ0n) is 15.9. The minimum absolute atomic E-state index is 0.201. The van der Waals surface area contributed by atoms with Gasteiger partial charge in [0.05, 0.1) is 6.04 Å². The van der Waals surface area contributed by atoms with Crippen LogP contribution in [0.25, 0.3) is 0 Å². The molecule has 0 bridgehead atoms. The van der Waals surface area contributed by atoms with Crippen molar-refractivity contribution >= 4 is 47.3 Å². The van der Waals surface area contributed by atoms with Gasteiger partial charge in [-0.3, -0.25) is 14.4 Å². The highest BCUT2D eigenvalue weighted by Crippen LogP contribution is 2.26. The number of aliphatic carboxylic acids is 2. The molecule has 0 heterocycles. The van der Waals surface area contributed by atoms with Crippen molar-refractivity contribution in [3.8, 4) is 0 Å². The van der Waals surface area contributed by atoms with E-state index in [2.05, 4.69) is 10.6 Å². The second-order valence-electron chi connectivity index (χ2n) is 6.63. The van der Waals surface area contributed by atoms with Gasteiger partial charge >= 0.3 is 11.9 Å². The van der Waals surface area contributed by atoms with Crippen molar-refractivity contribution in [2.45, 2.75) is 44.5 Å². The van der Waals surface area contributed by atoms with Crippen LogP contribution in [0.4, 0.5) is 0 Å². The first-order valence-corrected chi connectivity index (χ1v) is 10.6. The van der Waals surface area contributed by atoms with Crippen molar-refractivity contribution in [1.29, 1.82) is 0 Å². The predicted octanol–water partition coefficient (Wildman–Crippen LogP) is 0.902. The number of hydrogen-bond acceptors (Lipinski definition) is 6. The fourth-order valence-corrected chi connectivity index (χ4v) is 3.13. The Bertz CT molecular complexity index is 539. The van der Waals surface area contributed by atoms with E-state index in [1.807, 2.05) is 0 Å². The monoisotopic (exact) mass is 408 g/mol. The summed E-state index contributed by atoms with van der Waals surface area (Å²) < 4.78 is -0.846. The largest absolute Gasteiger partial charge is 0.481 e. The van der Waals surface area contributed by atoms with Crippen LogP contribution in [-0.2, 0) is 19.2 Å². The van der Waals surface area contributed by atoms with Gasteiger partial charge in [-0.05, 0) is 26.4 Å². The molecule has 10 heteroatoms. The molecule has 8 nitrogen and oxygen atoms in total. The number of carbonyl (C=O) groups is 4. The summed E-state index contributed by atoms with van der Waals surface area (Å²) in [5.74, 6) is -5.75. The third-order valence-corrected chi connectivity index (χ3v) is 5.88. The van der Waals surface area contributed by atoms with Gasteiger partial charge in [-0.2, -0.15) is 23.5 Å². The molecule has 0 aliphatic heterocycles. The van der Waals surface area contributed by atoms with Gasteiger partial charge < -0.3 is 20.8 Å². The first-order valence-electron chi connectivity index (χ1n) is 7.99. The number of carboxylic acids is 2. The maximum absolute atomic E-state index is 12.6. The molecule has 3 atom stereocenters. The Hall–Kier alpha value is -1.42. The molecule has 0 radical (unpaired) electrons. The van der Waals surface area contributed by atoms with E-state index in [1.165, 1.54) is 23.5 Å². The average Bonchev–Trinajstić information content (AvgIpc) is 2.51. The lowest BCUT2D eigenvalue weighted by atomic mass is 9.97. The molecule has 0 aliphatic rings. The molecule has 4 N–H and O–H groups in total. The number of hydrogen-bond donors (Lipinski definition) is 4. The van der Waals surface area contributed by atoms with Gasteiger partial charge in [-0.1, -0.05) is 13.8 Å². The summed E-state index contributed by atoms with van der Waals surface area (Å²) in [6.45, 7) is 6.60. The lowest BCUT2D eigenvalue weighted by molar-refractivity contribution is -0.151. The van der Waals surface area contributed by atoms with E-state index in [0.717, 1.165) is 0 Å². The summed E-state index contributed by atoms with van der Waals surface area (Å²) in [7, 11) is 0. The fourth-order valence-electron chi connectivity index (χ4n) is 2.10. The van der Waals surface area contributed by atoms with Gasteiger partial charge in [-0.15, -0.1) is 0 Å². The van der Waals surface area contributed by atoms with Crippen LogP contribution in [0.1, 0.15) is 27.7 Å². The molecule has 2 amide bonds. The molecule has 0 rings (SSSR count). The molecule has 0 saturated carbocycles. The molecule has 0 fully saturated rings. The van der Waals surface area contributed by atoms with E-state index in [-0.39, 0.29) is 17.6 Å². The van der Waals surface area contributed by atoms with E-state index in [0.29, 0.717) is 0 Å². The van der Waals surface area contributed by atoms with E-state index >= 15 is 0 Å². The average molecular weight is 409 g/mol. The van der Waals surface area contributed by atoms with Crippen molar-refractivity contribution in [2.75, 3.05) is 18.3 Å². The Morgan fingerprint density at radius 3 is 1.85 bits per heavy atom. The lowest BCUT2D eigenvalue weighted by Crippen LogP contribution is -2.58. The van der Waals surface area contributed by atoms with Crippen LogP contribution in [0.5, 0.6) is 0 Å². The smallest absolute Gasteiger partial charge is 0.327 e. The van der Waals surface area contributed by atoms with Crippen LogP contribution in [-0.4, -0.2) is 69.1 Å².